The van der Waals surface area contributed by atoms with Gasteiger partial charge in [-0.25, -0.2) is 0 Å². The Labute approximate surface area is 154 Å². The monoisotopic (exact) mass is 394 g/mol. The van der Waals surface area contributed by atoms with Crippen LogP contribution in [0.5, 0.6) is 5.75 Å². The number of halogens is 1. The zero-order chi connectivity index (χ0) is 17.6. The first-order valence-corrected chi connectivity index (χ1v) is 8.72. The van der Waals surface area contributed by atoms with E-state index >= 15 is 0 Å². The van der Waals surface area contributed by atoms with Gasteiger partial charge in [0.05, 0.1) is 5.56 Å². The van der Waals surface area contributed by atoms with Crippen molar-refractivity contribution in [2.75, 3.05) is 0 Å². The highest BCUT2D eigenvalue weighted by atomic mass is 79.9. The maximum atomic E-state index is 12.5. The first kappa shape index (κ1) is 15.9. The molecule has 2 aromatic carbocycles. The van der Waals surface area contributed by atoms with Crippen LogP contribution >= 0.6 is 15.9 Å². The number of Topliss-reactive ketones (excluding diaryl/α,β-unsaturated/α-hetero) is 1. The van der Waals surface area contributed by atoms with Crippen LogP contribution in [0.4, 0.5) is 0 Å². The molecule has 3 aromatic rings. The van der Waals surface area contributed by atoms with Gasteiger partial charge in [0.1, 0.15) is 17.3 Å². The number of aryl methyl sites for hydroxylation is 2. The molecule has 0 saturated carbocycles. The van der Waals surface area contributed by atoms with Gasteiger partial charge in [0, 0.05) is 16.1 Å². The predicted octanol–water partition coefficient (Wildman–Crippen LogP) is 5.94. The fraction of sp³-hybridized carbons (Fsp3) is 0.0952. The van der Waals surface area contributed by atoms with Crippen molar-refractivity contribution >= 4 is 27.8 Å². The summed E-state index contributed by atoms with van der Waals surface area (Å²) in [5, 5.41) is 0. The number of carbonyl (C=O) groups excluding carboxylic acids is 1. The van der Waals surface area contributed by atoms with Crippen LogP contribution in [0.25, 0.3) is 17.4 Å². The number of allylic oxidation sites excluding steroid dienone is 1. The Morgan fingerprint density at radius 2 is 1.68 bits per heavy atom. The van der Waals surface area contributed by atoms with Crippen molar-refractivity contribution in [1.29, 1.82) is 0 Å². The van der Waals surface area contributed by atoms with Gasteiger partial charge in [-0.15, -0.1) is 0 Å². The van der Waals surface area contributed by atoms with Gasteiger partial charge >= 0.3 is 0 Å². The fourth-order valence-corrected chi connectivity index (χ4v) is 3.04. The minimum absolute atomic E-state index is 0.111. The molecule has 0 amide bonds. The summed E-state index contributed by atoms with van der Waals surface area (Å²) in [4.78, 5) is 12.5. The van der Waals surface area contributed by atoms with Crippen molar-refractivity contribution in [3.63, 3.8) is 0 Å². The standard InChI is InChI=1S/C21H15BrO3/c1-12-9-17-19(10-13(12)2)25-20(21(17)23)11-16-7-8-18(24-16)14-3-5-15(22)6-4-14/h3-11H,1-2H3/b20-11-. The second kappa shape index (κ2) is 6.05. The number of rotatable bonds is 2. The van der Waals surface area contributed by atoms with Crippen molar-refractivity contribution in [3.05, 3.63) is 81.2 Å². The molecule has 0 atom stereocenters. The highest BCUT2D eigenvalue weighted by Gasteiger charge is 2.28. The van der Waals surface area contributed by atoms with Crippen LogP contribution in [0.1, 0.15) is 27.2 Å². The van der Waals surface area contributed by atoms with Gasteiger partial charge in [-0.2, -0.15) is 0 Å². The highest BCUT2D eigenvalue weighted by molar-refractivity contribution is 9.10. The van der Waals surface area contributed by atoms with Crippen LogP contribution < -0.4 is 4.74 Å². The van der Waals surface area contributed by atoms with Gasteiger partial charge in [0.2, 0.25) is 5.78 Å². The predicted molar refractivity (Wildman–Crippen MR) is 101 cm³/mol. The molecule has 124 valence electrons. The molecule has 1 aromatic heterocycles. The van der Waals surface area contributed by atoms with E-state index in [1.807, 2.05) is 62.4 Å². The molecule has 0 N–H and O–H groups in total. The molecule has 1 aliphatic heterocycles. The van der Waals surface area contributed by atoms with Crippen molar-refractivity contribution in [2.24, 2.45) is 0 Å². The fourth-order valence-electron chi connectivity index (χ4n) is 2.77. The molecule has 0 saturated heterocycles. The third-order valence-corrected chi connectivity index (χ3v) is 4.84. The van der Waals surface area contributed by atoms with E-state index in [9.17, 15) is 4.79 Å². The van der Waals surface area contributed by atoms with Crippen LogP contribution in [-0.2, 0) is 0 Å². The van der Waals surface area contributed by atoms with Crippen molar-refractivity contribution in [1.82, 2.24) is 0 Å². The number of ketones is 1. The molecule has 25 heavy (non-hydrogen) atoms. The van der Waals surface area contributed by atoms with Crippen LogP contribution in [0, 0.1) is 13.8 Å². The number of furan rings is 1. The van der Waals surface area contributed by atoms with E-state index < -0.39 is 0 Å². The summed E-state index contributed by atoms with van der Waals surface area (Å²) in [7, 11) is 0. The number of ether oxygens (including phenoxy) is 1. The third-order valence-electron chi connectivity index (χ3n) is 4.31. The maximum absolute atomic E-state index is 12.5. The molecule has 0 radical (unpaired) electrons. The first-order chi connectivity index (χ1) is 12.0. The van der Waals surface area contributed by atoms with Crippen LogP contribution in [-0.4, -0.2) is 5.78 Å². The van der Waals surface area contributed by atoms with Crippen LogP contribution in [0.3, 0.4) is 0 Å². The zero-order valence-corrected chi connectivity index (χ0v) is 15.4. The minimum Gasteiger partial charge on any atom is -0.457 e. The lowest BCUT2D eigenvalue weighted by Gasteiger charge is -2.02. The maximum Gasteiger partial charge on any atom is 0.232 e. The van der Waals surface area contributed by atoms with E-state index in [0.29, 0.717) is 17.1 Å². The molecule has 0 unspecified atom stereocenters. The minimum atomic E-state index is -0.111. The van der Waals surface area contributed by atoms with Crippen molar-refractivity contribution in [3.8, 4) is 17.1 Å². The summed E-state index contributed by atoms with van der Waals surface area (Å²) >= 11 is 3.42. The molecule has 0 aliphatic carbocycles. The van der Waals surface area contributed by atoms with Gasteiger partial charge in [0.25, 0.3) is 0 Å². The van der Waals surface area contributed by atoms with Gasteiger partial charge in [-0.1, -0.05) is 28.1 Å². The average molecular weight is 395 g/mol. The topological polar surface area (TPSA) is 39.4 Å². The number of fused-ring (bicyclic) bond motifs is 1. The quantitative estimate of drug-likeness (QED) is 0.504. The molecular weight excluding hydrogens is 380 g/mol. The molecule has 2 heterocycles. The highest BCUT2D eigenvalue weighted by Crippen LogP contribution is 2.34. The van der Waals surface area contributed by atoms with Gasteiger partial charge in [-0.05, 0) is 61.4 Å². The van der Waals surface area contributed by atoms with E-state index in [1.54, 1.807) is 6.08 Å². The Morgan fingerprint density at radius 3 is 2.44 bits per heavy atom. The summed E-state index contributed by atoms with van der Waals surface area (Å²) in [6, 6.07) is 15.4. The van der Waals surface area contributed by atoms with Crippen LogP contribution in [0.2, 0.25) is 0 Å². The van der Waals surface area contributed by atoms with Crippen molar-refractivity contribution < 1.29 is 13.9 Å². The lowest BCUT2D eigenvalue weighted by atomic mass is 10.0. The number of hydrogen-bond acceptors (Lipinski definition) is 3. The molecule has 4 heteroatoms. The summed E-state index contributed by atoms with van der Waals surface area (Å²) in [5.41, 5.74) is 3.76. The van der Waals surface area contributed by atoms with E-state index in [-0.39, 0.29) is 11.5 Å². The Morgan fingerprint density at radius 1 is 0.960 bits per heavy atom. The Bertz CT molecular complexity index is 1010. The molecule has 3 nitrogen and oxygen atoms in total. The van der Waals surface area contributed by atoms with Crippen LogP contribution in [0.15, 0.2) is 63.2 Å². The van der Waals surface area contributed by atoms with E-state index in [4.69, 9.17) is 9.15 Å². The molecule has 1 aliphatic rings. The van der Waals surface area contributed by atoms with Gasteiger partial charge < -0.3 is 9.15 Å². The Hall–Kier alpha value is -2.59. The summed E-state index contributed by atoms with van der Waals surface area (Å²) < 4.78 is 12.6. The Kier molecular flexibility index (Phi) is 3.85. The van der Waals surface area contributed by atoms with Gasteiger partial charge in [-0.3, -0.25) is 4.79 Å². The van der Waals surface area contributed by atoms with Crippen molar-refractivity contribution in [2.45, 2.75) is 13.8 Å². The number of carbonyl (C=O) groups is 1. The summed E-state index contributed by atoms with van der Waals surface area (Å²) in [6.45, 7) is 3.99. The third kappa shape index (κ3) is 2.94. The normalized spacial score (nSPS) is 14.7. The Balaban J connectivity index is 1.64. The largest absolute Gasteiger partial charge is 0.457 e. The van der Waals surface area contributed by atoms with E-state index in [1.165, 1.54) is 0 Å². The lowest BCUT2D eigenvalue weighted by Crippen LogP contribution is -1.97. The lowest BCUT2D eigenvalue weighted by molar-refractivity contribution is 0.101. The zero-order valence-electron chi connectivity index (χ0n) is 13.8. The van der Waals surface area contributed by atoms with E-state index in [2.05, 4.69) is 15.9 Å². The first-order valence-electron chi connectivity index (χ1n) is 7.92. The summed E-state index contributed by atoms with van der Waals surface area (Å²) in [6.07, 6.45) is 1.65. The van der Waals surface area contributed by atoms with Gasteiger partial charge in [0.15, 0.2) is 5.76 Å². The molecular formula is C21H15BrO3. The second-order valence-electron chi connectivity index (χ2n) is 6.08. The smallest absolute Gasteiger partial charge is 0.232 e. The molecule has 0 fully saturated rings. The molecule has 0 spiro atoms. The SMILES string of the molecule is Cc1cc2c(cc1C)C(=O)/C(=C/c1ccc(-c3ccc(Br)cc3)o1)O2. The second-order valence-corrected chi connectivity index (χ2v) is 7.00. The molecule has 4 rings (SSSR count). The number of hydrogen-bond donors (Lipinski definition) is 0. The number of benzene rings is 2. The average Bonchev–Trinajstić information content (AvgIpc) is 3.16. The summed E-state index contributed by atoms with van der Waals surface area (Å²) in [5.74, 6) is 2.12. The van der Waals surface area contributed by atoms with E-state index in [0.717, 1.165) is 26.9 Å². The molecule has 0 bridgehead atoms.